The molecular weight excluding hydrogens is 208 g/mol. The van der Waals surface area contributed by atoms with E-state index in [1.807, 2.05) is 0 Å². The monoisotopic (exact) mass is 224 g/mol. The lowest BCUT2D eigenvalue weighted by Gasteiger charge is -2.06. The molecule has 1 aromatic rings. The van der Waals surface area contributed by atoms with E-state index >= 15 is 0 Å². The quantitative estimate of drug-likeness (QED) is 0.440. The van der Waals surface area contributed by atoms with Gasteiger partial charge in [-0.25, -0.2) is 4.98 Å². The van der Waals surface area contributed by atoms with Crippen molar-refractivity contribution < 1.29 is 4.92 Å². The molecule has 6 nitrogen and oxygen atoms in total. The Labute approximate surface area is 94.2 Å². The third-order valence-electron chi connectivity index (χ3n) is 2.11. The smallest absolute Gasteiger partial charge is 0.276 e. The first kappa shape index (κ1) is 12.2. The molecule has 0 aliphatic carbocycles. The second-order valence-corrected chi connectivity index (χ2v) is 3.38. The van der Waals surface area contributed by atoms with Crippen LogP contribution in [0.5, 0.6) is 0 Å². The highest BCUT2D eigenvalue weighted by Crippen LogP contribution is 2.20. The van der Waals surface area contributed by atoms with Gasteiger partial charge in [-0.2, -0.15) is 0 Å². The molecule has 0 aromatic carbocycles. The summed E-state index contributed by atoms with van der Waals surface area (Å²) in [5.74, 6) is 1.03. The highest BCUT2D eigenvalue weighted by atomic mass is 16.6. The third-order valence-corrected chi connectivity index (χ3v) is 2.11. The highest BCUT2D eigenvalue weighted by molar-refractivity contribution is 5.54. The van der Waals surface area contributed by atoms with E-state index < -0.39 is 4.92 Å². The van der Waals surface area contributed by atoms with Gasteiger partial charge < -0.3 is 10.6 Å². The van der Waals surface area contributed by atoms with E-state index in [0.29, 0.717) is 11.6 Å². The lowest BCUT2D eigenvalue weighted by molar-refractivity contribution is -0.384. The van der Waals surface area contributed by atoms with Gasteiger partial charge in [-0.1, -0.05) is 13.3 Å². The van der Waals surface area contributed by atoms with E-state index in [-0.39, 0.29) is 5.69 Å². The SMILES string of the molecule is CCCCNc1cc([N+](=O)[O-])cc(NC)n1. The average Bonchev–Trinajstić information content (AvgIpc) is 2.29. The van der Waals surface area contributed by atoms with Gasteiger partial charge in [0.15, 0.2) is 0 Å². The van der Waals surface area contributed by atoms with Crippen LogP contribution >= 0.6 is 0 Å². The van der Waals surface area contributed by atoms with Crippen LogP contribution in [0.3, 0.4) is 0 Å². The number of rotatable bonds is 6. The van der Waals surface area contributed by atoms with Gasteiger partial charge in [-0.05, 0) is 6.42 Å². The Morgan fingerprint density at radius 3 is 2.69 bits per heavy atom. The Hall–Kier alpha value is -1.85. The fourth-order valence-corrected chi connectivity index (χ4v) is 1.23. The minimum Gasteiger partial charge on any atom is -0.373 e. The molecule has 2 N–H and O–H groups in total. The van der Waals surface area contributed by atoms with Crippen molar-refractivity contribution in [1.29, 1.82) is 0 Å². The Kier molecular flexibility index (Phi) is 4.50. The molecule has 6 heteroatoms. The van der Waals surface area contributed by atoms with Gasteiger partial charge in [-0.15, -0.1) is 0 Å². The van der Waals surface area contributed by atoms with E-state index in [1.54, 1.807) is 7.05 Å². The topological polar surface area (TPSA) is 80.1 Å². The Balaban J connectivity index is 2.82. The van der Waals surface area contributed by atoms with Crippen LogP contribution in [0.25, 0.3) is 0 Å². The van der Waals surface area contributed by atoms with Gasteiger partial charge in [0, 0.05) is 13.6 Å². The van der Waals surface area contributed by atoms with Gasteiger partial charge in [-0.3, -0.25) is 10.1 Å². The van der Waals surface area contributed by atoms with Gasteiger partial charge in [0.2, 0.25) is 0 Å². The molecule has 0 unspecified atom stereocenters. The maximum atomic E-state index is 10.7. The van der Waals surface area contributed by atoms with Crippen molar-refractivity contribution in [3.63, 3.8) is 0 Å². The standard InChI is InChI=1S/C10H16N4O2/c1-3-4-5-12-10-7-8(14(15)16)6-9(11-2)13-10/h6-7H,3-5H2,1-2H3,(H2,11,12,13). The summed E-state index contributed by atoms with van der Waals surface area (Å²) in [5, 5.41) is 16.5. The van der Waals surface area contributed by atoms with E-state index in [9.17, 15) is 10.1 Å². The average molecular weight is 224 g/mol. The summed E-state index contributed by atoms with van der Waals surface area (Å²) in [6.07, 6.45) is 2.08. The van der Waals surface area contributed by atoms with Crippen LogP contribution in [0.1, 0.15) is 19.8 Å². The summed E-state index contributed by atoms with van der Waals surface area (Å²) >= 11 is 0. The maximum Gasteiger partial charge on any atom is 0.276 e. The summed E-state index contributed by atoms with van der Waals surface area (Å²) in [6.45, 7) is 2.86. The zero-order valence-corrected chi connectivity index (χ0v) is 9.49. The van der Waals surface area contributed by atoms with E-state index in [0.717, 1.165) is 19.4 Å². The fraction of sp³-hybridized carbons (Fsp3) is 0.500. The molecule has 1 rings (SSSR count). The van der Waals surface area contributed by atoms with Crippen LogP contribution in [-0.4, -0.2) is 23.5 Å². The van der Waals surface area contributed by atoms with Gasteiger partial charge >= 0.3 is 0 Å². The molecule has 0 bridgehead atoms. The van der Waals surface area contributed by atoms with Crippen LogP contribution < -0.4 is 10.6 Å². The number of hydrogen-bond acceptors (Lipinski definition) is 5. The molecule has 0 fully saturated rings. The number of anilines is 2. The van der Waals surface area contributed by atoms with Crippen molar-refractivity contribution in [2.24, 2.45) is 0 Å². The number of nitro groups is 1. The molecule has 0 spiro atoms. The molecule has 88 valence electrons. The van der Waals surface area contributed by atoms with Gasteiger partial charge in [0.1, 0.15) is 11.6 Å². The fourth-order valence-electron chi connectivity index (χ4n) is 1.23. The summed E-state index contributed by atoms with van der Waals surface area (Å²) < 4.78 is 0. The van der Waals surface area contributed by atoms with Gasteiger partial charge in [0.05, 0.1) is 17.1 Å². The molecule has 1 heterocycles. The van der Waals surface area contributed by atoms with E-state index in [2.05, 4.69) is 22.5 Å². The van der Waals surface area contributed by atoms with Crippen LogP contribution in [-0.2, 0) is 0 Å². The highest BCUT2D eigenvalue weighted by Gasteiger charge is 2.09. The molecule has 0 aliphatic rings. The largest absolute Gasteiger partial charge is 0.373 e. The van der Waals surface area contributed by atoms with Crippen molar-refractivity contribution in [1.82, 2.24) is 4.98 Å². The van der Waals surface area contributed by atoms with Crippen molar-refractivity contribution in [2.45, 2.75) is 19.8 Å². The molecular formula is C10H16N4O2. The molecule has 16 heavy (non-hydrogen) atoms. The number of nitrogens with zero attached hydrogens (tertiary/aromatic N) is 2. The van der Waals surface area contributed by atoms with Crippen molar-refractivity contribution in [3.05, 3.63) is 22.2 Å². The van der Waals surface area contributed by atoms with E-state index in [4.69, 9.17) is 0 Å². The summed E-state index contributed by atoms with van der Waals surface area (Å²) in [4.78, 5) is 14.4. The normalized spacial score (nSPS) is 9.88. The first-order valence-corrected chi connectivity index (χ1v) is 5.25. The van der Waals surface area contributed by atoms with Crippen molar-refractivity contribution in [3.8, 4) is 0 Å². The van der Waals surface area contributed by atoms with Crippen LogP contribution in [0, 0.1) is 10.1 Å². The predicted molar refractivity (Wildman–Crippen MR) is 63.8 cm³/mol. The molecule has 0 saturated carbocycles. The van der Waals surface area contributed by atoms with Crippen molar-refractivity contribution in [2.75, 3.05) is 24.2 Å². The number of hydrogen-bond donors (Lipinski definition) is 2. The molecule has 0 atom stereocenters. The van der Waals surface area contributed by atoms with Gasteiger partial charge in [0.25, 0.3) is 5.69 Å². The molecule has 0 aliphatic heterocycles. The Morgan fingerprint density at radius 2 is 2.12 bits per heavy atom. The summed E-state index contributed by atoms with van der Waals surface area (Å²) in [7, 11) is 1.68. The number of pyridine rings is 1. The van der Waals surface area contributed by atoms with E-state index in [1.165, 1.54) is 12.1 Å². The third kappa shape index (κ3) is 3.38. The summed E-state index contributed by atoms with van der Waals surface area (Å²) in [6, 6.07) is 2.85. The lowest BCUT2D eigenvalue weighted by Crippen LogP contribution is -2.05. The predicted octanol–water partition coefficient (Wildman–Crippen LogP) is 2.24. The van der Waals surface area contributed by atoms with Crippen LogP contribution in [0.4, 0.5) is 17.3 Å². The molecule has 1 aromatic heterocycles. The second-order valence-electron chi connectivity index (χ2n) is 3.38. The molecule has 0 amide bonds. The minimum absolute atomic E-state index is 0.0401. The minimum atomic E-state index is -0.423. The second kappa shape index (κ2) is 5.89. The summed E-state index contributed by atoms with van der Waals surface area (Å²) in [5.41, 5.74) is 0.0401. The first-order chi connectivity index (χ1) is 7.67. The van der Waals surface area contributed by atoms with Crippen molar-refractivity contribution >= 4 is 17.3 Å². The number of aromatic nitrogens is 1. The first-order valence-electron chi connectivity index (χ1n) is 5.25. The van der Waals surface area contributed by atoms with Crippen LogP contribution in [0.2, 0.25) is 0 Å². The zero-order chi connectivity index (χ0) is 12.0. The van der Waals surface area contributed by atoms with Crippen LogP contribution in [0.15, 0.2) is 12.1 Å². The zero-order valence-electron chi connectivity index (χ0n) is 9.49. The Bertz CT molecular complexity index is 368. The lowest BCUT2D eigenvalue weighted by atomic mass is 10.3. The maximum absolute atomic E-state index is 10.7. The number of nitrogens with one attached hydrogen (secondary N) is 2. The number of unbranched alkanes of at least 4 members (excludes halogenated alkanes) is 1. The molecule has 0 saturated heterocycles. The molecule has 0 radical (unpaired) electrons. The Morgan fingerprint density at radius 1 is 1.44 bits per heavy atom.